The van der Waals surface area contributed by atoms with E-state index in [0.29, 0.717) is 5.92 Å². The van der Waals surface area contributed by atoms with Gasteiger partial charge >= 0.3 is 0 Å². The Balaban J connectivity index is 2.82. The first-order valence-corrected chi connectivity index (χ1v) is 4.27. The summed E-state index contributed by atoms with van der Waals surface area (Å²) in [6, 6.07) is 3.78. The molecule has 2 nitrogen and oxygen atoms in total. The number of hydrogen-bond acceptors (Lipinski definition) is 2. The van der Waals surface area contributed by atoms with Crippen LogP contribution in [0.3, 0.4) is 0 Å². The molecule has 1 N–H and O–H groups in total. The Morgan fingerprint density at radius 3 is 2.83 bits per heavy atom. The summed E-state index contributed by atoms with van der Waals surface area (Å²) in [7, 11) is 0. The van der Waals surface area contributed by atoms with Crippen molar-refractivity contribution in [3.05, 3.63) is 29.6 Å². The fraction of sp³-hybridized carbons (Fsp3) is 0.500. The molecule has 0 unspecified atom stereocenters. The number of rotatable bonds is 3. The highest BCUT2D eigenvalue weighted by atomic mass is 16.3. The summed E-state index contributed by atoms with van der Waals surface area (Å²) >= 11 is 0. The van der Waals surface area contributed by atoms with E-state index in [0.717, 1.165) is 17.7 Å². The molecule has 0 bridgehead atoms. The third-order valence-electron chi connectivity index (χ3n) is 1.76. The van der Waals surface area contributed by atoms with Crippen LogP contribution >= 0.6 is 0 Å². The van der Waals surface area contributed by atoms with Crippen molar-refractivity contribution < 1.29 is 5.11 Å². The molecule has 66 valence electrons. The first-order chi connectivity index (χ1) is 5.74. The normalized spacial score (nSPS) is 10.7. The molecule has 0 spiro atoms. The Bertz CT molecular complexity index is 245. The lowest BCUT2D eigenvalue weighted by molar-refractivity contribution is 0.279. The lowest BCUT2D eigenvalue weighted by Gasteiger charge is -2.07. The van der Waals surface area contributed by atoms with Gasteiger partial charge in [-0.05, 0) is 24.0 Å². The molecule has 1 aromatic rings. The van der Waals surface area contributed by atoms with Crippen LogP contribution in [-0.2, 0) is 13.0 Å². The van der Waals surface area contributed by atoms with Crippen molar-refractivity contribution >= 4 is 0 Å². The van der Waals surface area contributed by atoms with Gasteiger partial charge in [-0.1, -0.05) is 19.9 Å². The molecule has 0 amide bonds. The van der Waals surface area contributed by atoms with E-state index in [4.69, 9.17) is 5.11 Å². The third-order valence-corrected chi connectivity index (χ3v) is 1.76. The molecule has 0 aliphatic heterocycles. The largest absolute Gasteiger partial charge is 0.392 e. The van der Waals surface area contributed by atoms with Gasteiger partial charge in [0.1, 0.15) is 0 Å². The molecule has 0 aliphatic carbocycles. The molecule has 1 rings (SSSR count). The van der Waals surface area contributed by atoms with Crippen LogP contribution in [0.2, 0.25) is 0 Å². The Morgan fingerprint density at radius 1 is 1.50 bits per heavy atom. The molecule has 0 radical (unpaired) electrons. The van der Waals surface area contributed by atoms with Crippen LogP contribution in [0, 0.1) is 5.92 Å². The highest BCUT2D eigenvalue weighted by Gasteiger charge is 2.03. The summed E-state index contributed by atoms with van der Waals surface area (Å²) in [4.78, 5) is 4.23. The van der Waals surface area contributed by atoms with Crippen LogP contribution < -0.4 is 0 Å². The van der Waals surface area contributed by atoms with Crippen LogP contribution in [0.5, 0.6) is 0 Å². The zero-order chi connectivity index (χ0) is 8.97. The van der Waals surface area contributed by atoms with Gasteiger partial charge in [0.2, 0.25) is 0 Å². The van der Waals surface area contributed by atoms with Crippen LogP contribution in [0.15, 0.2) is 18.3 Å². The number of pyridine rings is 1. The lowest BCUT2D eigenvalue weighted by Crippen LogP contribution is -2.01. The van der Waals surface area contributed by atoms with Crippen molar-refractivity contribution in [2.45, 2.75) is 26.9 Å². The van der Waals surface area contributed by atoms with Gasteiger partial charge in [-0.2, -0.15) is 0 Å². The van der Waals surface area contributed by atoms with Gasteiger partial charge < -0.3 is 5.11 Å². The topological polar surface area (TPSA) is 33.1 Å². The Labute approximate surface area is 73.3 Å². The van der Waals surface area contributed by atoms with Crippen molar-refractivity contribution in [3.8, 4) is 0 Å². The SMILES string of the molecule is CC(C)Cc1ncccc1CO. The summed E-state index contributed by atoms with van der Waals surface area (Å²) in [5.74, 6) is 0.588. The van der Waals surface area contributed by atoms with Crippen molar-refractivity contribution in [2.24, 2.45) is 5.92 Å². The van der Waals surface area contributed by atoms with E-state index < -0.39 is 0 Å². The molecular weight excluding hydrogens is 150 g/mol. The average Bonchev–Trinajstić information content (AvgIpc) is 2.04. The molecule has 0 saturated heterocycles. The van der Waals surface area contributed by atoms with Crippen LogP contribution in [0.1, 0.15) is 25.1 Å². The summed E-state index contributed by atoms with van der Waals surface area (Å²) < 4.78 is 0. The van der Waals surface area contributed by atoms with Crippen LogP contribution in [-0.4, -0.2) is 10.1 Å². The predicted octanol–water partition coefficient (Wildman–Crippen LogP) is 1.77. The monoisotopic (exact) mass is 165 g/mol. The van der Waals surface area contributed by atoms with E-state index in [1.54, 1.807) is 6.20 Å². The van der Waals surface area contributed by atoms with E-state index in [9.17, 15) is 0 Å². The summed E-state index contributed by atoms with van der Waals surface area (Å²) in [6.45, 7) is 4.39. The van der Waals surface area contributed by atoms with Gasteiger partial charge in [0.15, 0.2) is 0 Å². The van der Waals surface area contributed by atoms with Crippen LogP contribution in [0.25, 0.3) is 0 Å². The molecule has 12 heavy (non-hydrogen) atoms. The number of nitrogens with zero attached hydrogens (tertiary/aromatic N) is 1. The maximum atomic E-state index is 8.99. The van der Waals surface area contributed by atoms with Gasteiger partial charge in [-0.3, -0.25) is 4.98 Å². The molecule has 0 saturated carbocycles. The number of aliphatic hydroxyl groups is 1. The quantitative estimate of drug-likeness (QED) is 0.740. The third kappa shape index (κ3) is 2.31. The van der Waals surface area contributed by atoms with Gasteiger partial charge in [0.05, 0.1) is 6.61 Å². The summed E-state index contributed by atoms with van der Waals surface area (Å²) in [6.07, 6.45) is 2.72. The standard InChI is InChI=1S/C10H15NO/c1-8(2)6-10-9(7-12)4-3-5-11-10/h3-5,8,12H,6-7H2,1-2H3. The molecule has 0 fully saturated rings. The fourth-order valence-corrected chi connectivity index (χ4v) is 1.19. The molecule has 0 atom stereocenters. The van der Waals surface area contributed by atoms with E-state index in [-0.39, 0.29) is 6.61 Å². The Morgan fingerprint density at radius 2 is 2.25 bits per heavy atom. The van der Waals surface area contributed by atoms with Crippen molar-refractivity contribution in [1.29, 1.82) is 0 Å². The minimum absolute atomic E-state index is 0.0931. The van der Waals surface area contributed by atoms with Crippen LogP contribution in [0.4, 0.5) is 0 Å². The predicted molar refractivity (Wildman–Crippen MR) is 48.7 cm³/mol. The van der Waals surface area contributed by atoms with E-state index in [1.165, 1.54) is 0 Å². The highest BCUT2D eigenvalue weighted by Crippen LogP contribution is 2.10. The molecule has 1 heterocycles. The first-order valence-electron chi connectivity index (χ1n) is 4.27. The fourth-order valence-electron chi connectivity index (χ4n) is 1.19. The smallest absolute Gasteiger partial charge is 0.0699 e. The van der Waals surface area contributed by atoms with Gasteiger partial charge in [-0.15, -0.1) is 0 Å². The van der Waals surface area contributed by atoms with Gasteiger partial charge in [-0.25, -0.2) is 0 Å². The minimum Gasteiger partial charge on any atom is -0.392 e. The average molecular weight is 165 g/mol. The molecular formula is C10H15NO. The second kappa shape index (κ2) is 4.21. The number of aliphatic hydroxyl groups excluding tert-OH is 1. The summed E-state index contributed by atoms with van der Waals surface area (Å²) in [5, 5.41) is 8.99. The minimum atomic E-state index is 0.0931. The molecule has 0 aromatic carbocycles. The van der Waals surface area contributed by atoms with E-state index >= 15 is 0 Å². The highest BCUT2D eigenvalue weighted by molar-refractivity contribution is 5.18. The second-order valence-electron chi connectivity index (χ2n) is 3.37. The molecule has 2 heteroatoms. The zero-order valence-corrected chi connectivity index (χ0v) is 7.62. The molecule has 1 aromatic heterocycles. The molecule has 0 aliphatic rings. The number of hydrogen-bond donors (Lipinski definition) is 1. The second-order valence-corrected chi connectivity index (χ2v) is 3.37. The van der Waals surface area contributed by atoms with E-state index in [2.05, 4.69) is 18.8 Å². The zero-order valence-electron chi connectivity index (χ0n) is 7.62. The van der Waals surface area contributed by atoms with Crippen molar-refractivity contribution in [3.63, 3.8) is 0 Å². The van der Waals surface area contributed by atoms with E-state index in [1.807, 2.05) is 12.1 Å². The number of aromatic nitrogens is 1. The maximum Gasteiger partial charge on any atom is 0.0699 e. The van der Waals surface area contributed by atoms with Crippen molar-refractivity contribution in [2.75, 3.05) is 0 Å². The Kier molecular flexibility index (Phi) is 3.23. The maximum absolute atomic E-state index is 8.99. The Hall–Kier alpha value is -0.890. The lowest BCUT2D eigenvalue weighted by atomic mass is 10.0. The summed E-state index contributed by atoms with van der Waals surface area (Å²) in [5.41, 5.74) is 1.97. The van der Waals surface area contributed by atoms with Gasteiger partial charge in [0, 0.05) is 11.9 Å². The first kappa shape index (κ1) is 9.20. The van der Waals surface area contributed by atoms with Crippen molar-refractivity contribution in [1.82, 2.24) is 4.98 Å². The van der Waals surface area contributed by atoms with Gasteiger partial charge in [0.25, 0.3) is 0 Å².